The van der Waals surface area contributed by atoms with E-state index in [2.05, 4.69) is 20.5 Å². The Labute approximate surface area is 196 Å². The predicted octanol–water partition coefficient (Wildman–Crippen LogP) is 6.22. The van der Waals surface area contributed by atoms with E-state index in [1.54, 1.807) is 43.3 Å². The average molecular weight is 492 g/mol. The fourth-order valence-corrected chi connectivity index (χ4v) is 3.64. The first-order chi connectivity index (χ1) is 15.6. The number of hydrogen-bond donors (Lipinski definition) is 1. The van der Waals surface area contributed by atoms with Crippen molar-refractivity contribution in [3.05, 3.63) is 87.8 Å². The van der Waals surface area contributed by atoms with E-state index in [9.17, 15) is 18.0 Å². The van der Waals surface area contributed by atoms with E-state index in [1.165, 1.54) is 12.4 Å². The van der Waals surface area contributed by atoms with E-state index >= 15 is 0 Å². The molecule has 11 heteroatoms. The van der Waals surface area contributed by atoms with Crippen LogP contribution >= 0.6 is 23.2 Å². The standard InChI is InChI=1S/C22H14Cl2F3N5O/c1-12-9-13(16-3-2-4-18(23)19(16)24)5-6-15(12)21(33)31-14-10-17(22(25,26)27)20(28-11-14)32-29-7-8-30-32/h2-11H,1H3,(H,31,33). The van der Waals surface area contributed by atoms with Crippen LogP contribution in [0.1, 0.15) is 21.5 Å². The van der Waals surface area contributed by atoms with Crippen LogP contribution < -0.4 is 5.32 Å². The fourth-order valence-electron chi connectivity index (χ4n) is 3.23. The maximum Gasteiger partial charge on any atom is 0.420 e. The quantitative estimate of drug-likeness (QED) is 0.368. The molecule has 0 bridgehead atoms. The molecule has 0 saturated heterocycles. The van der Waals surface area contributed by atoms with Gasteiger partial charge in [0.25, 0.3) is 5.91 Å². The number of nitrogens with one attached hydrogen (secondary N) is 1. The van der Waals surface area contributed by atoms with Crippen molar-refractivity contribution < 1.29 is 18.0 Å². The first-order valence-electron chi connectivity index (χ1n) is 9.45. The molecule has 0 unspecified atom stereocenters. The number of aryl methyl sites for hydroxylation is 1. The summed E-state index contributed by atoms with van der Waals surface area (Å²) >= 11 is 12.3. The molecule has 0 aliphatic heterocycles. The molecule has 1 amide bonds. The fraction of sp³-hybridized carbons (Fsp3) is 0.0909. The summed E-state index contributed by atoms with van der Waals surface area (Å²) in [5, 5.41) is 10.6. The van der Waals surface area contributed by atoms with Crippen LogP contribution in [0.2, 0.25) is 10.0 Å². The molecule has 2 aromatic carbocycles. The maximum atomic E-state index is 13.6. The molecule has 168 valence electrons. The Morgan fingerprint density at radius 1 is 1.06 bits per heavy atom. The number of nitrogens with zero attached hydrogens (tertiary/aromatic N) is 4. The number of pyridine rings is 1. The van der Waals surface area contributed by atoms with Crippen LogP contribution in [0.25, 0.3) is 16.9 Å². The first kappa shape index (κ1) is 22.8. The minimum atomic E-state index is -4.73. The minimum Gasteiger partial charge on any atom is -0.321 e. The van der Waals surface area contributed by atoms with Gasteiger partial charge >= 0.3 is 6.18 Å². The molecule has 4 rings (SSSR count). The topological polar surface area (TPSA) is 72.7 Å². The van der Waals surface area contributed by atoms with E-state index in [0.29, 0.717) is 21.2 Å². The number of amides is 1. The third-order valence-electron chi connectivity index (χ3n) is 4.77. The number of carbonyl (C=O) groups excluding carboxylic acids is 1. The number of alkyl halides is 3. The molecule has 0 saturated carbocycles. The molecule has 0 aliphatic carbocycles. The van der Waals surface area contributed by atoms with Gasteiger partial charge in [-0.2, -0.15) is 23.4 Å². The summed E-state index contributed by atoms with van der Waals surface area (Å²) in [4.78, 5) is 17.3. The molecule has 2 heterocycles. The summed E-state index contributed by atoms with van der Waals surface area (Å²) < 4.78 is 40.7. The molecule has 0 fully saturated rings. The van der Waals surface area contributed by atoms with Gasteiger partial charge < -0.3 is 5.32 Å². The van der Waals surface area contributed by atoms with E-state index in [-0.39, 0.29) is 11.3 Å². The zero-order valence-electron chi connectivity index (χ0n) is 16.9. The van der Waals surface area contributed by atoms with Crippen molar-refractivity contribution in [1.29, 1.82) is 0 Å². The summed E-state index contributed by atoms with van der Waals surface area (Å²) in [6, 6.07) is 11.0. The SMILES string of the molecule is Cc1cc(-c2cccc(Cl)c2Cl)ccc1C(=O)Nc1cnc(-n2nccn2)c(C(F)(F)F)c1. The highest BCUT2D eigenvalue weighted by atomic mass is 35.5. The highest BCUT2D eigenvalue weighted by Gasteiger charge is 2.36. The Morgan fingerprint density at radius 3 is 2.45 bits per heavy atom. The van der Waals surface area contributed by atoms with Crippen molar-refractivity contribution in [3.8, 4) is 16.9 Å². The van der Waals surface area contributed by atoms with Gasteiger partial charge in [0.15, 0.2) is 5.82 Å². The molecular formula is C22H14Cl2F3N5O. The summed E-state index contributed by atoms with van der Waals surface area (Å²) in [5.74, 6) is -1.08. The van der Waals surface area contributed by atoms with Gasteiger partial charge in [-0.25, -0.2) is 4.98 Å². The zero-order valence-corrected chi connectivity index (χ0v) is 18.4. The lowest BCUT2D eigenvalue weighted by atomic mass is 9.99. The monoisotopic (exact) mass is 491 g/mol. The third-order valence-corrected chi connectivity index (χ3v) is 5.59. The molecule has 4 aromatic rings. The van der Waals surface area contributed by atoms with Crippen LogP contribution in [0.15, 0.2) is 61.1 Å². The van der Waals surface area contributed by atoms with E-state index in [1.807, 2.05) is 0 Å². The van der Waals surface area contributed by atoms with E-state index < -0.39 is 23.5 Å². The average Bonchev–Trinajstić information content (AvgIpc) is 3.29. The summed E-state index contributed by atoms with van der Waals surface area (Å²) in [7, 11) is 0. The lowest BCUT2D eigenvalue weighted by Gasteiger charge is -2.14. The molecule has 0 atom stereocenters. The molecule has 2 aromatic heterocycles. The van der Waals surface area contributed by atoms with Crippen LogP contribution in [-0.2, 0) is 6.18 Å². The van der Waals surface area contributed by atoms with Gasteiger partial charge in [-0.3, -0.25) is 4.79 Å². The number of carbonyl (C=O) groups is 1. The van der Waals surface area contributed by atoms with Gasteiger partial charge in [0.1, 0.15) is 5.56 Å². The van der Waals surface area contributed by atoms with Gasteiger partial charge in [-0.15, -0.1) is 4.80 Å². The van der Waals surface area contributed by atoms with Gasteiger partial charge in [0.05, 0.1) is 34.3 Å². The van der Waals surface area contributed by atoms with Crippen LogP contribution in [0.4, 0.5) is 18.9 Å². The molecular weight excluding hydrogens is 478 g/mol. The maximum absolute atomic E-state index is 13.6. The number of anilines is 1. The van der Waals surface area contributed by atoms with Gasteiger partial charge in [0.2, 0.25) is 0 Å². The molecule has 33 heavy (non-hydrogen) atoms. The van der Waals surface area contributed by atoms with Crippen LogP contribution in [0.3, 0.4) is 0 Å². The van der Waals surface area contributed by atoms with E-state index in [4.69, 9.17) is 23.2 Å². The van der Waals surface area contributed by atoms with E-state index in [0.717, 1.165) is 22.6 Å². The van der Waals surface area contributed by atoms with Crippen molar-refractivity contribution in [3.63, 3.8) is 0 Å². The minimum absolute atomic E-state index is 0.121. The van der Waals surface area contributed by atoms with Crippen molar-refractivity contribution in [2.45, 2.75) is 13.1 Å². The van der Waals surface area contributed by atoms with Crippen LogP contribution in [0, 0.1) is 6.92 Å². The summed E-state index contributed by atoms with van der Waals surface area (Å²) in [6.45, 7) is 1.71. The number of benzene rings is 2. The number of hydrogen-bond acceptors (Lipinski definition) is 4. The number of aromatic nitrogens is 4. The highest BCUT2D eigenvalue weighted by Crippen LogP contribution is 2.35. The Bertz CT molecular complexity index is 1340. The lowest BCUT2D eigenvalue weighted by Crippen LogP contribution is -2.17. The smallest absolute Gasteiger partial charge is 0.321 e. The van der Waals surface area contributed by atoms with Crippen molar-refractivity contribution >= 4 is 34.8 Å². The van der Waals surface area contributed by atoms with Crippen LogP contribution in [-0.4, -0.2) is 25.9 Å². The Kier molecular flexibility index (Phi) is 6.09. The summed E-state index contributed by atoms with van der Waals surface area (Å²) in [6.07, 6.45) is -1.15. The largest absolute Gasteiger partial charge is 0.420 e. The molecule has 0 aliphatic rings. The second-order valence-electron chi connectivity index (χ2n) is 7.00. The number of rotatable bonds is 4. The highest BCUT2D eigenvalue weighted by molar-refractivity contribution is 6.43. The zero-order chi connectivity index (χ0) is 23.8. The Morgan fingerprint density at radius 2 is 1.79 bits per heavy atom. The van der Waals surface area contributed by atoms with Crippen molar-refractivity contribution in [2.75, 3.05) is 5.32 Å². The molecule has 0 spiro atoms. The van der Waals surface area contributed by atoms with Gasteiger partial charge in [-0.05, 0) is 36.2 Å². The normalized spacial score (nSPS) is 11.5. The first-order valence-corrected chi connectivity index (χ1v) is 10.2. The number of halogens is 5. The third kappa shape index (κ3) is 4.69. The molecule has 6 nitrogen and oxygen atoms in total. The predicted molar refractivity (Wildman–Crippen MR) is 119 cm³/mol. The van der Waals surface area contributed by atoms with Gasteiger partial charge in [0, 0.05) is 11.1 Å². The van der Waals surface area contributed by atoms with Crippen LogP contribution in [0.5, 0.6) is 0 Å². The molecule has 1 N–H and O–H groups in total. The second kappa shape index (κ2) is 8.84. The lowest BCUT2D eigenvalue weighted by molar-refractivity contribution is -0.137. The van der Waals surface area contributed by atoms with Gasteiger partial charge in [-0.1, -0.05) is 47.5 Å². The Balaban J connectivity index is 1.63. The molecule has 0 radical (unpaired) electrons. The van der Waals surface area contributed by atoms with Crippen molar-refractivity contribution in [1.82, 2.24) is 20.0 Å². The summed E-state index contributed by atoms with van der Waals surface area (Å²) in [5.41, 5.74) is 1.11. The van der Waals surface area contributed by atoms with Crippen molar-refractivity contribution in [2.24, 2.45) is 0 Å². The second-order valence-corrected chi connectivity index (χ2v) is 7.78. The Hall–Kier alpha value is -3.43.